The van der Waals surface area contributed by atoms with Gasteiger partial charge < -0.3 is 44.1 Å². The van der Waals surface area contributed by atoms with Crippen molar-refractivity contribution in [1.82, 2.24) is 0 Å². The lowest BCUT2D eigenvalue weighted by atomic mass is 9.99. The summed E-state index contributed by atoms with van der Waals surface area (Å²) in [7, 11) is 0. The molecular weight excluding hydrogens is 424 g/mol. The van der Waals surface area contributed by atoms with Crippen LogP contribution in [-0.4, -0.2) is 70.5 Å². The molecule has 2 aromatic rings. The van der Waals surface area contributed by atoms with Gasteiger partial charge in [-0.15, -0.1) is 0 Å². The van der Waals surface area contributed by atoms with Crippen LogP contribution in [0.1, 0.15) is 5.56 Å². The molecule has 0 bridgehead atoms. The van der Waals surface area contributed by atoms with E-state index in [0.29, 0.717) is 17.1 Å². The lowest BCUT2D eigenvalue weighted by Crippen LogP contribution is -2.60. The second-order valence-electron chi connectivity index (χ2n) is 7.20. The monoisotopic (exact) mass is 446 g/mol. The molecule has 0 amide bonds. The Balaban J connectivity index is 1.33. The van der Waals surface area contributed by atoms with Crippen LogP contribution in [0.25, 0.3) is 6.08 Å². The molecule has 5 atom stereocenters. The van der Waals surface area contributed by atoms with Crippen LogP contribution >= 0.6 is 0 Å². The highest BCUT2D eigenvalue weighted by Gasteiger charge is 2.45. The quantitative estimate of drug-likeness (QED) is 0.367. The topological polar surface area (TPSA) is 144 Å². The van der Waals surface area contributed by atoms with E-state index in [0.717, 1.165) is 0 Å². The Kier molecular flexibility index (Phi) is 6.47. The van der Waals surface area contributed by atoms with Crippen molar-refractivity contribution in [3.63, 3.8) is 0 Å². The third-order valence-electron chi connectivity index (χ3n) is 4.96. The van der Waals surface area contributed by atoms with Crippen molar-refractivity contribution in [2.75, 3.05) is 13.4 Å². The minimum absolute atomic E-state index is 0.0245. The van der Waals surface area contributed by atoms with Gasteiger partial charge in [0.15, 0.2) is 11.5 Å². The fraction of sp³-hybridized carbons (Fsp3) is 0.318. The third kappa shape index (κ3) is 4.94. The summed E-state index contributed by atoms with van der Waals surface area (Å²) in [5, 5.41) is 39.8. The number of ether oxygens (including phenoxy) is 5. The van der Waals surface area contributed by atoms with E-state index in [1.165, 1.54) is 36.4 Å². The molecule has 0 radical (unpaired) electrons. The zero-order chi connectivity index (χ0) is 22.7. The van der Waals surface area contributed by atoms with Crippen molar-refractivity contribution in [2.24, 2.45) is 0 Å². The van der Waals surface area contributed by atoms with Crippen molar-refractivity contribution < 1.29 is 48.9 Å². The Morgan fingerprint density at radius 2 is 1.75 bits per heavy atom. The number of aromatic hydroxyl groups is 1. The number of carbonyl (C=O) groups excluding carboxylic acids is 1. The maximum Gasteiger partial charge on any atom is 0.330 e. The summed E-state index contributed by atoms with van der Waals surface area (Å²) in [5.41, 5.74) is 0.695. The van der Waals surface area contributed by atoms with Crippen LogP contribution in [-0.2, 0) is 14.3 Å². The summed E-state index contributed by atoms with van der Waals surface area (Å²) >= 11 is 0. The van der Waals surface area contributed by atoms with Gasteiger partial charge in [-0.1, -0.05) is 6.07 Å². The van der Waals surface area contributed by atoms with E-state index in [9.17, 15) is 25.2 Å². The van der Waals surface area contributed by atoms with Crippen LogP contribution < -0.4 is 14.2 Å². The Morgan fingerprint density at radius 3 is 2.53 bits per heavy atom. The molecule has 2 aromatic carbocycles. The van der Waals surface area contributed by atoms with Crippen molar-refractivity contribution in [3.05, 3.63) is 54.1 Å². The fourth-order valence-corrected chi connectivity index (χ4v) is 3.20. The Labute approximate surface area is 182 Å². The van der Waals surface area contributed by atoms with Gasteiger partial charge in [-0.3, -0.25) is 0 Å². The van der Waals surface area contributed by atoms with Crippen LogP contribution in [0, 0.1) is 0 Å². The normalized spacial score (nSPS) is 26.8. The zero-order valence-electron chi connectivity index (χ0n) is 16.7. The molecular formula is C22H22O10. The number of aliphatic hydroxyl groups excluding tert-OH is 3. The summed E-state index contributed by atoms with van der Waals surface area (Å²) in [6.07, 6.45) is -4.38. The highest BCUT2D eigenvalue weighted by molar-refractivity contribution is 5.87. The first-order chi connectivity index (χ1) is 15.4. The summed E-state index contributed by atoms with van der Waals surface area (Å²) < 4.78 is 26.6. The number of rotatable bonds is 6. The number of hydrogen-bond acceptors (Lipinski definition) is 10. The molecule has 10 nitrogen and oxygen atoms in total. The first kappa shape index (κ1) is 21.9. The molecule has 170 valence electrons. The van der Waals surface area contributed by atoms with E-state index in [2.05, 4.69) is 0 Å². The summed E-state index contributed by atoms with van der Waals surface area (Å²) in [4.78, 5) is 12.1. The van der Waals surface area contributed by atoms with E-state index in [4.69, 9.17) is 23.7 Å². The second kappa shape index (κ2) is 9.45. The Hall–Kier alpha value is -3.31. The first-order valence-corrected chi connectivity index (χ1v) is 9.80. The first-order valence-electron chi connectivity index (χ1n) is 9.80. The van der Waals surface area contributed by atoms with Crippen LogP contribution in [0.3, 0.4) is 0 Å². The van der Waals surface area contributed by atoms with Gasteiger partial charge in [0.2, 0.25) is 13.1 Å². The molecule has 2 aliphatic rings. The number of esters is 1. The predicted molar refractivity (Wildman–Crippen MR) is 108 cm³/mol. The maximum absolute atomic E-state index is 12.1. The van der Waals surface area contributed by atoms with Gasteiger partial charge in [-0.25, -0.2) is 4.79 Å². The molecule has 2 aliphatic heterocycles. The minimum Gasteiger partial charge on any atom is -0.508 e. The van der Waals surface area contributed by atoms with Gasteiger partial charge in [0.25, 0.3) is 0 Å². The lowest BCUT2D eigenvalue weighted by molar-refractivity contribution is -0.278. The number of aliphatic hydroxyl groups is 3. The second-order valence-corrected chi connectivity index (χ2v) is 7.20. The minimum atomic E-state index is -1.58. The highest BCUT2D eigenvalue weighted by Crippen LogP contribution is 2.32. The number of phenolic OH excluding ortho intramolecular Hbond substituents is 1. The average molecular weight is 446 g/mol. The number of benzene rings is 2. The van der Waals surface area contributed by atoms with Crippen molar-refractivity contribution in [3.8, 4) is 23.0 Å². The Bertz CT molecular complexity index is 973. The molecule has 1 fully saturated rings. The van der Waals surface area contributed by atoms with E-state index < -0.39 is 36.7 Å². The lowest BCUT2D eigenvalue weighted by Gasteiger charge is -2.39. The number of hydrogen-bond donors (Lipinski definition) is 4. The maximum atomic E-state index is 12.1. The molecule has 4 rings (SSSR count). The number of fused-ring (bicyclic) bond motifs is 1. The molecule has 0 unspecified atom stereocenters. The molecule has 1 saturated heterocycles. The molecule has 2 heterocycles. The van der Waals surface area contributed by atoms with Crippen molar-refractivity contribution in [2.45, 2.75) is 30.7 Å². The van der Waals surface area contributed by atoms with E-state index in [1.54, 1.807) is 18.2 Å². The van der Waals surface area contributed by atoms with Crippen LogP contribution in [0.4, 0.5) is 0 Å². The highest BCUT2D eigenvalue weighted by atomic mass is 16.7. The van der Waals surface area contributed by atoms with Gasteiger partial charge in [0, 0.05) is 6.08 Å². The van der Waals surface area contributed by atoms with Gasteiger partial charge in [-0.05, 0) is 48.0 Å². The van der Waals surface area contributed by atoms with Crippen molar-refractivity contribution >= 4 is 12.0 Å². The fourth-order valence-electron chi connectivity index (χ4n) is 3.20. The number of phenols is 1. The van der Waals surface area contributed by atoms with Gasteiger partial charge in [0.05, 0.1) is 0 Å². The van der Waals surface area contributed by atoms with Gasteiger partial charge in [0.1, 0.15) is 42.5 Å². The predicted octanol–water partition coefficient (Wildman–Crippen LogP) is 0.564. The van der Waals surface area contributed by atoms with Gasteiger partial charge >= 0.3 is 5.97 Å². The van der Waals surface area contributed by atoms with E-state index in [1.807, 2.05) is 0 Å². The summed E-state index contributed by atoms with van der Waals surface area (Å²) in [5.74, 6) is 0.786. The third-order valence-corrected chi connectivity index (χ3v) is 4.96. The summed E-state index contributed by atoms with van der Waals surface area (Å²) in [6, 6.07) is 10.8. The largest absolute Gasteiger partial charge is 0.508 e. The van der Waals surface area contributed by atoms with E-state index >= 15 is 0 Å². The van der Waals surface area contributed by atoms with Gasteiger partial charge in [-0.2, -0.15) is 0 Å². The molecule has 0 spiro atoms. The van der Waals surface area contributed by atoms with Crippen LogP contribution in [0.2, 0.25) is 0 Å². The zero-order valence-corrected chi connectivity index (χ0v) is 16.7. The molecule has 32 heavy (non-hydrogen) atoms. The average Bonchev–Trinajstić information content (AvgIpc) is 3.26. The molecule has 0 aromatic heterocycles. The molecule has 4 N–H and O–H groups in total. The summed E-state index contributed by atoms with van der Waals surface area (Å²) in [6.45, 7) is -0.239. The molecule has 0 aliphatic carbocycles. The van der Waals surface area contributed by atoms with Crippen molar-refractivity contribution in [1.29, 1.82) is 0 Å². The standard InChI is InChI=1S/C22H22O10/c23-13-3-5-14(6-4-13)31-22-21(27)20(26)19(25)17(32-22)10-28-18(24)8-2-12-1-7-15-16(9-12)30-11-29-15/h1-9,17,19-23,25-27H,10-11H2/b8-2+/t17-,19-,20+,21-,22-/m1/s1. The van der Waals surface area contributed by atoms with Crippen LogP contribution in [0.15, 0.2) is 48.5 Å². The van der Waals surface area contributed by atoms with Crippen LogP contribution in [0.5, 0.6) is 23.0 Å². The smallest absolute Gasteiger partial charge is 0.330 e. The number of carbonyl (C=O) groups is 1. The Morgan fingerprint density at radius 1 is 1.00 bits per heavy atom. The SMILES string of the molecule is O=C(/C=C/c1ccc2c(c1)OCO2)OC[C@H]1O[C@@H](Oc2ccc(O)cc2)[C@H](O)[C@@H](O)[C@@H]1O. The molecule has 0 saturated carbocycles. The van der Waals surface area contributed by atoms with E-state index in [-0.39, 0.29) is 24.9 Å². The molecule has 10 heteroatoms.